The van der Waals surface area contributed by atoms with E-state index >= 15 is 0 Å². The summed E-state index contributed by atoms with van der Waals surface area (Å²) in [4.78, 5) is 20.9. The number of hydrogen-bond donors (Lipinski definition) is 0. The van der Waals surface area contributed by atoms with Crippen LogP contribution in [0.1, 0.15) is 13.8 Å². The van der Waals surface area contributed by atoms with E-state index in [-0.39, 0.29) is 17.7 Å². The van der Waals surface area contributed by atoms with Crippen LogP contribution in [0.5, 0.6) is 0 Å². The van der Waals surface area contributed by atoms with Gasteiger partial charge in [-0.15, -0.1) is 11.6 Å². The average molecular weight is 229 g/mol. The lowest BCUT2D eigenvalue weighted by Crippen LogP contribution is -2.25. The molecule has 14 heavy (non-hydrogen) atoms. The van der Waals surface area contributed by atoms with E-state index in [2.05, 4.69) is 9.98 Å². The summed E-state index contributed by atoms with van der Waals surface area (Å²) >= 11 is 7.15. The van der Waals surface area contributed by atoms with Crippen LogP contribution in [0.25, 0.3) is 0 Å². The van der Waals surface area contributed by atoms with Crippen LogP contribution >= 0.6 is 23.4 Å². The normalized spacial score (nSPS) is 26.2. The quantitative estimate of drug-likeness (QED) is 0.646. The van der Waals surface area contributed by atoms with Gasteiger partial charge in [-0.25, -0.2) is 4.99 Å². The van der Waals surface area contributed by atoms with E-state index in [0.717, 1.165) is 15.5 Å². The number of amidine groups is 1. The van der Waals surface area contributed by atoms with Crippen LogP contribution in [-0.4, -0.2) is 22.7 Å². The molecule has 3 nitrogen and oxygen atoms in total. The number of fused-ring (bicyclic) bond motifs is 1. The molecule has 0 saturated heterocycles. The van der Waals surface area contributed by atoms with Gasteiger partial charge in [-0.3, -0.25) is 4.79 Å². The van der Waals surface area contributed by atoms with Crippen LogP contribution in [-0.2, 0) is 4.79 Å². The number of carbonyl (C=O) groups excluding carboxylic acids is 1. The summed E-state index contributed by atoms with van der Waals surface area (Å²) in [6.07, 6.45) is 0. The summed E-state index contributed by atoms with van der Waals surface area (Å²) in [6, 6.07) is 0. The van der Waals surface area contributed by atoms with E-state index in [4.69, 9.17) is 11.6 Å². The fraction of sp³-hybridized carbons (Fsp3) is 0.444. The third-order valence-corrected chi connectivity index (χ3v) is 3.74. The molecule has 0 saturated carbocycles. The molecule has 2 aliphatic heterocycles. The Morgan fingerprint density at radius 3 is 2.79 bits per heavy atom. The van der Waals surface area contributed by atoms with Gasteiger partial charge in [0, 0.05) is 0 Å². The van der Waals surface area contributed by atoms with E-state index in [1.165, 1.54) is 0 Å². The highest BCUT2D eigenvalue weighted by Crippen LogP contribution is 2.39. The molecule has 2 aliphatic rings. The Labute approximate surface area is 91.3 Å². The minimum absolute atomic E-state index is 0.132. The number of nitrogens with zero attached hydrogens (tertiary/aromatic N) is 2. The van der Waals surface area contributed by atoms with Gasteiger partial charge in [0.25, 0.3) is 5.91 Å². The molecule has 1 atom stereocenters. The zero-order valence-electron chi connectivity index (χ0n) is 7.87. The molecule has 2 heterocycles. The number of thioether (sulfide) groups is 1. The van der Waals surface area contributed by atoms with Gasteiger partial charge in [-0.2, -0.15) is 4.99 Å². The molecule has 1 unspecified atom stereocenters. The van der Waals surface area contributed by atoms with Gasteiger partial charge in [-0.1, -0.05) is 11.8 Å². The van der Waals surface area contributed by atoms with Crippen molar-refractivity contribution in [2.75, 3.05) is 5.88 Å². The van der Waals surface area contributed by atoms with Gasteiger partial charge >= 0.3 is 0 Å². The van der Waals surface area contributed by atoms with Crippen molar-refractivity contribution in [3.63, 3.8) is 0 Å². The van der Waals surface area contributed by atoms with Gasteiger partial charge in [0.1, 0.15) is 11.8 Å². The summed E-state index contributed by atoms with van der Waals surface area (Å²) in [5.41, 5.74) is 1.07. The fourth-order valence-electron chi connectivity index (χ4n) is 1.47. The highest BCUT2D eigenvalue weighted by Gasteiger charge is 2.36. The lowest BCUT2D eigenvalue weighted by atomic mass is 10.0. The fourth-order valence-corrected chi connectivity index (χ4v) is 2.73. The van der Waals surface area contributed by atoms with Crippen molar-refractivity contribution in [2.24, 2.45) is 15.9 Å². The van der Waals surface area contributed by atoms with Crippen LogP contribution < -0.4 is 0 Å². The van der Waals surface area contributed by atoms with Crippen molar-refractivity contribution in [2.45, 2.75) is 13.8 Å². The average Bonchev–Trinajstić information content (AvgIpc) is 2.43. The summed E-state index contributed by atoms with van der Waals surface area (Å²) in [5, 5.41) is 0.829. The molecular weight excluding hydrogens is 220 g/mol. The zero-order valence-corrected chi connectivity index (χ0v) is 9.45. The summed E-state index contributed by atoms with van der Waals surface area (Å²) in [6.45, 7) is 3.95. The number of alkyl halides is 1. The van der Waals surface area contributed by atoms with Crippen molar-refractivity contribution in [1.82, 2.24) is 0 Å². The second-order valence-electron chi connectivity index (χ2n) is 3.22. The molecule has 0 aromatic rings. The Kier molecular flexibility index (Phi) is 2.49. The van der Waals surface area contributed by atoms with Gasteiger partial charge in [-0.05, 0) is 24.3 Å². The Bertz CT molecular complexity index is 398. The molecule has 0 aliphatic carbocycles. The third-order valence-electron chi connectivity index (χ3n) is 2.34. The van der Waals surface area contributed by atoms with Crippen LogP contribution in [0.3, 0.4) is 0 Å². The molecule has 0 aromatic carbocycles. The minimum atomic E-state index is -0.230. The van der Waals surface area contributed by atoms with E-state index in [9.17, 15) is 4.79 Å². The maximum absolute atomic E-state index is 11.6. The number of aliphatic imine (C=N–C) groups is 2. The lowest BCUT2D eigenvalue weighted by molar-refractivity contribution is -0.118. The van der Waals surface area contributed by atoms with Crippen LogP contribution in [0.15, 0.2) is 20.5 Å². The van der Waals surface area contributed by atoms with E-state index in [1.807, 2.05) is 13.8 Å². The molecule has 0 fully saturated rings. The van der Waals surface area contributed by atoms with Crippen molar-refractivity contribution in [3.8, 4) is 0 Å². The third kappa shape index (κ3) is 1.42. The van der Waals surface area contributed by atoms with Crippen molar-refractivity contribution >= 4 is 40.1 Å². The summed E-state index contributed by atoms with van der Waals surface area (Å²) in [7, 11) is 0. The van der Waals surface area contributed by atoms with E-state index in [1.54, 1.807) is 11.8 Å². The molecule has 1 amide bonds. The van der Waals surface area contributed by atoms with Crippen molar-refractivity contribution in [3.05, 3.63) is 10.5 Å². The first-order chi connectivity index (χ1) is 6.63. The largest absolute Gasteiger partial charge is 0.271 e. The number of hydrogen-bond acceptors (Lipinski definition) is 3. The Hall–Kier alpha value is -0.610. The van der Waals surface area contributed by atoms with Crippen LogP contribution in [0.4, 0.5) is 0 Å². The molecule has 0 N–H and O–H groups in total. The molecule has 0 aromatic heterocycles. The topological polar surface area (TPSA) is 41.8 Å². The van der Waals surface area contributed by atoms with Gasteiger partial charge in [0.2, 0.25) is 0 Å². The Morgan fingerprint density at radius 2 is 2.14 bits per heavy atom. The maximum atomic E-state index is 11.6. The number of halogens is 1. The first kappa shape index (κ1) is 9.93. The molecular formula is C9H9ClN2OS. The SMILES string of the molecule is CC1=C(C)C2C(=O)N=C(CCl)N=C2S1. The Balaban J connectivity index is 2.40. The second kappa shape index (κ2) is 3.51. The minimum Gasteiger partial charge on any atom is -0.271 e. The van der Waals surface area contributed by atoms with Gasteiger partial charge in [0.15, 0.2) is 0 Å². The summed E-state index contributed by atoms with van der Waals surface area (Å²) < 4.78 is 0. The monoisotopic (exact) mass is 228 g/mol. The smallest absolute Gasteiger partial charge is 0.261 e. The van der Waals surface area contributed by atoms with E-state index < -0.39 is 0 Å². The molecule has 0 spiro atoms. The standard InChI is InChI=1S/C9H9ClN2OS/c1-4-5(2)14-9-7(4)8(13)11-6(3-10)12-9/h7H,3H2,1-2H3. The Morgan fingerprint density at radius 1 is 1.43 bits per heavy atom. The van der Waals surface area contributed by atoms with E-state index in [0.29, 0.717) is 5.84 Å². The molecule has 74 valence electrons. The van der Waals surface area contributed by atoms with Gasteiger partial charge < -0.3 is 0 Å². The van der Waals surface area contributed by atoms with Crippen molar-refractivity contribution < 1.29 is 4.79 Å². The molecule has 0 bridgehead atoms. The zero-order chi connectivity index (χ0) is 10.3. The summed E-state index contributed by atoms with van der Waals surface area (Å²) in [5.74, 6) is 0.262. The van der Waals surface area contributed by atoms with Crippen LogP contribution in [0.2, 0.25) is 0 Å². The first-order valence-corrected chi connectivity index (χ1v) is 5.59. The van der Waals surface area contributed by atoms with Gasteiger partial charge in [0.05, 0.1) is 10.9 Å². The highest BCUT2D eigenvalue weighted by atomic mass is 35.5. The van der Waals surface area contributed by atoms with Crippen LogP contribution in [0, 0.1) is 5.92 Å². The molecule has 5 heteroatoms. The predicted molar refractivity (Wildman–Crippen MR) is 60.1 cm³/mol. The maximum Gasteiger partial charge on any atom is 0.261 e. The first-order valence-electron chi connectivity index (χ1n) is 4.24. The van der Waals surface area contributed by atoms with Crippen molar-refractivity contribution in [1.29, 1.82) is 0 Å². The number of rotatable bonds is 1. The molecule has 0 radical (unpaired) electrons. The molecule has 2 rings (SSSR count). The lowest BCUT2D eigenvalue weighted by Gasteiger charge is -2.13. The number of amides is 1. The number of carbonyl (C=O) groups is 1. The highest BCUT2D eigenvalue weighted by molar-refractivity contribution is 8.17. The predicted octanol–water partition coefficient (Wildman–Crippen LogP) is 2.22. The second-order valence-corrected chi connectivity index (χ2v) is 4.73. The number of allylic oxidation sites excluding steroid dienone is 1.